The lowest BCUT2D eigenvalue weighted by Crippen LogP contribution is -2.29. The zero-order valence-electron chi connectivity index (χ0n) is 10.4. The molecule has 0 fully saturated rings. The summed E-state index contributed by atoms with van der Waals surface area (Å²) >= 11 is 2.36. The van der Waals surface area contributed by atoms with Gasteiger partial charge in [-0.2, -0.15) is 0 Å². The molecular formula is C14H16IN3. The second kappa shape index (κ2) is 5.77. The summed E-state index contributed by atoms with van der Waals surface area (Å²) in [4.78, 5) is 4.33. The van der Waals surface area contributed by atoms with Crippen LogP contribution in [0.2, 0.25) is 0 Å². The van der Waals surface area contributed by atoms with Gasteiger partial charge in [0.05, 0.1) is 6.04 Å². The van der Waals surface area contributed by atoms with Crippen molar-refractivity contribution in [2.24, 2.45) is 5.84 Å². The number of pyridine rings is 1. The number of benzene rings is 1. The van der Waals surface area contributed by atoms with Crippen molar-refractivity contribution in [1.29, 1.82) is 0 Å². The number of nitrogens with one attached hydrogen (secondary N) is 1. The Balaban J connectivity index is 2.45. The third kappa shape index (κ3) is 2.71. The van der Waals surface area contributed by atoms with E-state index in [-0.39, 0.29) is 6.04 Å². The summed E-state index contributed by atoms with van der Waals surface area (Å²) in [6.07, 6.45) is 1.87. The van der Waals surface area contributed by atoms with Crippen LogP contribution in [-0.2, 0) is 0 Å². The van der Waals surface area contributed by atoms with Crippen molar-refractivity contribution in [2.45, 2.75) is 19.9 Å². The summed E-state index contributed by atoms with van der Waals surface area (Å²) in [5.74, 6) is 5.71. The number of nitrogens with two attached hydrogens (primary N) is 1. The second-order valence-electron chi connectivity index (χ2n) is 4.31. The maximum atomic E-state index is 5.71. The van der Waals surface area contributed by atoms with Gasteiger partial charge in [0.2, 0.25) is 0 Å². The molecule has 0 bridgehead atoms. The van der Waals surface area contributed by atoms with Gasteiger partial charge in [-0.15, -0.1) is 0 Å². The molecule has 2 aromatic rings. The van der Waals surface area contributed by atoms with Crippen LogP contribution in [0.5, 0.6) is 0 Å². The molecule has 0 saturated carbocycles. The van der Waals surface area contributed by atoms with Crippen molar-refractivity contribution in [1.82, 2.24) is 10.4 Å². The Labute approximate surface area is 121 Å². The third-order valence-corrected chi connectivity index (χ3v) is 4.44. The molecular weight excluding hydrogens is 337 g/mol. The highest BCUT2D eigenvalue weighted by atomic mass is 127. The van der Waals surface area contributed by atoms with Crippen LogP contribution in [0.1, 0.15) is 28.4 Å². The van der Waals surface area contributed by atoms with E-state index in [0.717, 1.165) is 11.3 Å². The third-order valence-electron chi connectivity index (χ3n) is 2.97. The van der Waals surface area contributed by atoms with E-state index in [0.29, 0.717) is 0 Å². The largest absolute Gasteiger partial charge is 0.271 e. The van der Waals surface area contributed by atoms with Crippen molar-refractivity contribution in [3.8, 4) is 0 Å². The fraction of sp³-hybridized carbons (Fsp3) is 0.214. The molecule has 18 heavy (non-hydrogen) atoms. The number of hydrazine groups is 1. The molecule has 1 atom stereocenters. The molecule has 2 rings (SSSR count). The van der Waals surface area contributed by atoms with Crippen molar-refractivity contribution in [3.63, 3.8) is 0 Å². The maximum Gasteiger partial charge on any atom is 0.0735 e. The molecule has 0 aliphatic heterocycles. The number of aromatic nitrogens is 1. The van der Waals surface area contributed by atoms with Crippen molar-refractivity contribution in [3.05, 3.63) is 62.5 Å². The van der Waals surface area contributed by atoms with E-state index in [1.54, 1.807) is 0 Å². The zero-order valence-corrected chi connectivity index (χ0v) is 12.6. The maximum absolute atomic E-state index is 5.71. The fourth-order valence-electron chi connectivity index (χ4n) is 1.91. The van der Waals surface area contributed by atoms with Crippen LogP contribution in [0.4, 0.5) is 0 Å². The Morgan fingerprint density at radius 2 is 2.00 bits per heavy atom. The fourth-order valence-corrected chi connectivity index (χ4v) is 2.58. The van der Waals surface area contributed by atoms with Crippen LogP contribution >= 0.6 is 22.6 Å². The van der Waals surface area contributed by atoms with Gasteiger partial charge in [-0.25, -0.2) is 5.43 Å². The highest BCUT2D eigenvalue weighted by Crippen LogP contribution is 2.27. The van der Waals surface area contributed by atoms with Gasteiger partial charge in [-0.1, -0.05) is 24.3 Å². The quantitative estimate of drug-likeness (QED) is 0.507. The lowest BCUT2D eigenvalue weighted by atomic mass is 9.99. The van der Waals surface area contributed by atoms with E-state index < -0.39 is 0 Å². The van der Waals surface area contributed by atoms with Crippen LogP contribution < -0.4 is 11.3 Å². The number of nitrogens with zero attached hydrogens (tertiary/aromatic N) is 1. The molecule has 1 aromatic heterocycles. The highest BCUT2D eigenvalue weighted by Gasteiger charge is 2.16. The summed E-state index contributed by atoms with van der Waals surface area (Å²) < 4.78 is 1.23. The molecule has 1 aromatic carbocycles. The van der Waals surface area contributed by atoms with Gasteiger partial charge < -0.3 is 0 Å². The van der Waals surface area contributed by atoms with Crippen LogP contribution in [0.15, 0.2) is 36.5 Å². The van der Waals surface area contributed by atoms with E-state index in [2.05, 4.69) is 64.2 Å². The molecule has 0 amide bonds. The predicted octanol–water partition coefficient (Wildman–Crippen LogP) is 2.86. The first-order valence-corrected chi connectivity index (χ1v) is 6.85. The van der Waals surface area contributed by atoms with Crippen LogP contribution in [0.3, 0.4) is 0 Å². The Morgan fingerprint density at radius 1 is 1.22 bits per heavy atom. The summed E-state index contributed by atoms with van der Waals surface area (Å²) in [5.41, 5.74) is 7.40. The number of hydrogen-bond donors (Lipinski definition) is 2. The van der Waals surface area contributed by atoms with E-state index in [9.17, 15) is 0 Å². The Hall–Kier alpha value is -0.980. The number of hydrogen-bond acceptors (Lipinski definition) is 3. The summed E-state index contributed by atoms with van der Waals surface area (Å²) in [5, 5.41) is 0. The second-order valence-corrected chi connectivity index (χ2v) is 5.39. The van der Waals surface area contributed by atoms with Gasteiger partial charge >= 0.3 is 0 Å². The van der Waals surface area contributed by atoms with Gasteiger partial charge in [-0.3, -0.25) is 10.8 Å². The molecule has 94 valence electrons. The van der Waals surface area contributed by atoms with Crippen LogP contribution in [0, 0.1) is 17.4 Å². The van der Waals surface area contributed by atoms with Crippen molar-refractivity contribution in [2.75, 3.05) is 0 Å². The van der Waals surface area contributed by atoms with Crippen molar-refractivity contribution < 1.29 is 0 Å². The van der Waals surface area contributed by atoms with Crippen LogP contribution in [0.25, 0.3) is 0 Å². The predicted molar refractivity (Wildman–Crippen MR) is 82.0 cm³/mol. The minimum absolute atomic E-state index is 0.0232. The van der Waals surface area contributed by atoms with E-state index in [4.69, 9.17) is 5.84 Å². The molecule has 1 unspecified atom stereocenters. The van der Waals surface area contributed by atoms with E-state index in [1.165, 1.54) is 14.7 Å². The molecule has 3 N–H and O–H groups in total. The van der Waals surface area contributed by atoms with Gasteiger partial charge in [0, 0.05) is 15.5 Å². The van der Waals surface area contributed by atoms with Gasteiger partial charge in [-0.05, 0) is 59.2 Å². The standard InChI is InChI=1S/C14H16IN3/c1-9-4-3-5-12(13(9)15)14(18-16)11-7-6-10(2)17-8-11/h3-8,14,18H,16H2,1-2H3. The smallest absolute Gasteiger partial charge is 0.0735 e. The zero-order chi connectivity index (χ0) is 13.1. The van der Waals surface area contributed by atoms with Gasteiger partial charge in [0.1, 0.15) is 0 Å². The molecule has 3 nitrogen and oxygen atoms in total. The summed E-state index contributed by atoms with van der Waals surface area (Å²) in [6, 6.07) is 10.3. The first-order chi connectivity index (χ1) is 8.63. The molecule has 0 spiro atoms. The topological polar surface area (TPSA) is 50.9 Å². The first kappa shape index (κ1) is 13.5. The number of rotatable bonds is 3. The molecule has 1 heterocycles. The molecule has 0 aliphatic carbocycles. The minimum atomic E-state index is -0.0232. The Bertz CT molecular complexity index is 537. The van der Waals surface area contributed by atoms with E-state index >= 15 is 0 Å². The summed E-state index contributed by atoms with van der Waals surface area (Å²) in [7, 11) is 0. The van der Waals surface area contributed by atoms with Gasteiger partial charge in [0.15, 0.2) is 0 Å². The SMILES string of the molecule is Cc1ccc(C(NN)c2cccc(C)c2I)cn1. The van der Waals surface area contributed by atoms with Crippen LogP contribution in [-0.4, -0.2) is 4.98 Å². The molecule has 4 heteroatoms. The monoisotopic (exact) mass is 353 g/mol. The molecule has 0 radical (unpaired) electrons. The average Bonchev–Trinajstić information content (AvgIpc) is 2.37. The number of halogens is 1. The normalized spacial score (nSPS) is 12.4. The first-order valence-electron chi connectivity index (χ1n) is 5.77. The Kier molecular flexibility index (Phi) is 4.31. The minimum Gasteiger partial charge on any atom is -0.271 e. The van der Waals surface area contributed by atoms with Crippen molar-refractivity contribution >= 4 is 22.6 Å². The average molecular weight is 353 g/mol. The molecule has 0 aliphatic rings. The lowest BCUT2D eigenvalue weighted by Gasteiger charge is -2.19. The highest BCUT2D eigenvalue weighted by molar-refractivity contribution is 14.1. The Morgan fingerprint density at radius 3 is 2.61 bits per heavy atom. The van der Waals surface area contributed by atoms with Gasteiger partial charge in [0.25, 0.3) is 0 Å². The molecule has 0 saturated heterocycles. The summed E-state index contributed by atoms with van der Waals surface area (Å²) in [6.45, 7) is 4.08. The van der Waals surface area contributed by atoms with E-state index in [1.807, 2.05) is 19.2 Å². The lowest BCUT2D eigenvalue weighted by molar-refractivity contribution is 0.631. The number of aryl methyl sites for hydroxylation is 2.